The Morgan fingerprint density at radius 3 is 3.00 bits per heavy atom. The molecule has 0 saturated carbocycles. The van der Waals surface area contributed by atoms with Gasteiger partial charge in [0.15, 0.2) is 0 Å². The van der Waals surface area contributed by atoms with Gasteiger partial charge in [-0.05, 0) is 36.3 Å². The highest BCUT2D eigenvalue weighted by molar-refractivity contribution is 7.99. The molecule has 0 aliphatic carbocycles. The summed E-state index contributed by atoms with van der Waals surface area (Å²) in [6, 6.07) is 6.01. The predicted octanol–water partition coefficient (Wildman–Crippen LogP) is 3.75. The van der Waals surface area contributed by atoms with Crippen LogP contribution in [0, 0.1) is 5.82 Å². The van der Waals surface area contributed by atoms with Crippen molar-refractivity contribution in [3.05, 3.63) is 29.6 Å². The average Bonchev–Trinajstić information content (AvgIpc) is 2.40. The highest BCUT2D eigenvalue weighted by Crippen LogP contribution is 2.35. The minimum absolute atomic E-state index is 0.128. The van der Waals surface area contributed by atoms with Gasteiger partial charge in [-0.1, -0.05) is 19.9 Å². The maximum atomic E-state index is 13.2. The molecule has 0 spiro atoms. The third kappa shape index (κ3) is 2.77. The molecule has 0 radical (unpaired) electrons. The molecule has 1 N–H and O–H groups in total. The standard InChI is InChI=1S/C13H18FNS/c1-9(2)15-12-4-3-7-16-13-8-10(14)5-6-11(12)13/h5-6,8-9,12,15H,3-4,7H2,1-2H3. The summed E-state index contributed by atoms with van der Waals surface area (Å²) >= 11 is 1.77. The van der Waals surface area contributed by atoms with Crippen molar-refractivity contribution in [2.24, 2.45) is 0 Å². The summed E-state index contributed by atoms with van der Waals surface area (Å²) in [6.07, 6.45) is 2.33. The topological polar surface area (TPSA) is 12.0 Å². The molecule has 1 unspecified atom stereocenters. The van der Waals surface area contributed by atoms with Crippen molar-refractivity contribution < 1.29 is 4.39 Å². The SMILES string of the molecule is CC(C)NC1CCCSc2cc(F)ccc21. The molecule has 0 aromatic heterocycles. The molecular formula is C13H18FNS. The first-order chi connectivity index (χ1) is 7.66. The molecule has 1 aliphatic rings. The van der Waals surface area contributed by atoms with Crippen LogP contribution in [0.5, 0.6) is 0 Å². The van der Waals surface area contributed by atoms with Crippen LogP contribution >= 0.6 is 11.8 Å². The summed E-state index contributed by atoms with van der Waals surface area (Å²) in [6.45, 7) is 4.31. The fourth-order valence-corrected chi connectivity index (χ4v) is 3.23. The van der Waals surface area contributed by atoms with Crippen LogP contribution in [0.15, 0.2) is 23.1 Å². The summed E-state index contributed by atoms with van der Waals surface area (Å²) in [5.74, 6) is 0.962. The van der Waals surface area contributed by atoms with Crippen LogP contribution in [0.2, 0.25) is 0 Å². The van der Waals surface area contributed by atoms with Gasteiger partial charge in [-0.3, -0.25) is 0 Å². The fourth-order valence-electron chi connectivity index (χ4n) is 2.12. The molecule has 1 atom stereocenters. The molecule has 1 nitrogen and oxygen atoms in total. The maximum Gasteiger partial charge on any atom is 0.124 e. The Balaban J connectivity index is 2.29. The van der Waals surface area contributed by atoms with Gasteiger partial charge in [-0.2, -0.15) is 0 Å². The van der Waals surface area contributed by atoms with Crippen LogP contribution in [0.1, 0.15) is 38.3 Å². The van der Waals surface area contributed by atoms with Gasteiger partial charge in [0.25, 0.3) is 0 Å². The van der Waals surface area contributed by atoms with Crippen molar-refractivity contribution in [3.63, 3.8) is 0 Å². The summed E-state index contributed by atoms with van der Waals surface area (Å²) in [7, 11) is 0. The second-order valence-corrected chi connectivity index (χ2v) is 5.68. The Morgan fingerprint density at radius 1 is 1.44 bits per heavy atom. The number of nitrogens with one attached hydrogen (secondary N) is 1. The van der Waals surface area contributed by atoms with Crippen LogP contribution in [-0.4, -0.2) is 11.8 Å². The maximum absolute atomic E-state index is 13.2. The molecule has 88 valence electrons. The van der Waals surface area contributed by atoms with E-state index in [9.17, 15) is 4.39 Å². The van der Waals surface area contributed by atoms with E-state index in [2.05, 4.69) is 19.2 Å². The van der Waals surface area contributed by atoms with Crippen LogP contribution < -0.4 is 5.32 Å². The first-order valence-electron chi connectivity index (χ1n) is 5.85. The van der Waals surface area contributed by atoms with Crippen molar-refractivity contribution in [3.8, 4) is 0 Å². The second kappa shape index (κ2) is 5.19. The van der Waals surface area contributed by atoms with Crippen LogP contribution in [0.25, 0.3) is 0 Å². The minimum atomic E-state index is -0.128. The lowest BCUT2D eigenvalue weighted by atomic mass is 10.0. The summed E-state index contributed by atoms with van der Waals surface area (Å²) < 4.78 is 13.2. The first kappa shape index (κ1) is 11.9. The molecule has 0 fully saturated rings. The van der Waals surface area contributed by atoms with Crippen molar-refractivity contribution in [2.45, 2.75) is 43.7 Å². The van der Waals surface area contributed by atoms with E-state index < -0.39 is 0 Å². The average molecular weight is 239 g/mol. The minimum Gasteiger partial charge on any atom is -0.308 e. The van der Waals surface area contributed by atoms with E-state index in [-0.39, 0.29) is 5.82 Å². The molecular weight excluding hydrogens is 221 g/mol. The lowest BCUT2D eigenvalue weighted by Gasteiger charge is -2.21. The van der Waals surface area contributed by atoms with Gasteiger partial charge in [-0.25, -0.2) is 4.39 Å². The Kier molecular flexibility index (Phi) is 3.87. The zero-order valence-electron chi connectivity index (χ0n) is 9.79. The number of halogens is 1. The highest BCUT2D eigenvalue weighted by atomic mass is 32.2. The Labute approximate surface area is 101 Å². The number of benzene rings is 1. The number of thioether (sulfide) groups is 1. The molecule has 2 rings (SSSR count). The van der Waals surface area contributed by atoms with Crippen LogP contribution in [-0.2, 0) is 0 Å². The van der Waals surface area contributed by atoms with Crippen LogP contribution in [0.3, 0.4) is 0 Å². The third-order valence-corrected chi connectivity index (χ3v) is 3.94. The fraction of sp³-hybridized carbons (Fsp3) is 0.538. The second-order valence-electron chi connectivity index (χ2n) is 4.55. The molecule has 0 bridgehead atoms. The van der Waals surface area contributed by atoms with E-state index in [1.807, 2.05) is 6.07 Å². The van der Waals surface area contributed by atoms with Gasteiger partial charge in [0, 0.05) is 17.0 Å². The normalized spacial score (nSPS) is 20.6. The van der Waals surface area contributed by atoms with Crippen molar-refractivity contribution in [1.29, 1.82) is 0 Å². The van der Waals surface area contributed by atoms with Crippen molar-refractivity contribution in [1.82, 2.24) is 5.32 Å². The van der Waals surface area contributed by atoms with Gasteiger partial charge in [0.2, 0.25) is 0 Å². The number of hydrogen-bond acceptors (Lipinski definition) is 2. The molecule has 1 aliphatic heterocycles. The van der Waals surface area contributed by atoms with Crippen LogP contribution in [0.4, 0.5) is 4.39 Å². The zero-order valence-corrected chi connectivity index (χ0v) is 10.6. The molecule has 1 heterocycles. The van der Waals surface area contributed by atoms with E-state index in [0.29, 0.717) is 12.1 Å². The van der Waals surface area contributed by atoms with Gasteiger partial charge >= 0.3 is 0 Å². The Morgan fingerprint density at radius 2 is 2.25 bits per heavy atom. The summed E-state index contributed by atoms with van der Waals surface area (Å²) in [5, 5.41) is 3.56. The molecule has 3 heteroatoms. The Bertz CT molecular complexity index is 365. The number of rotatable bonds is 2. The quantitative estimate of drug-likeness (QED) is 0.843. The lowest BCUT2D eigenvalue weighted by Crippen LogP contribution is -2.28. The lowest BCUT2D eigenvalue weighted by molar-refractivity contribution is 0.447. The van der Waals surface area contributed by atoms with Crippen molar-refractivity contribution in [2.75, 3.05) is 5.75 Å². The van der Waals surface area contributed by atoms with E-state index in [0.717, 1.165) is 17.1 Å². The smallest absolute Gasteiger partial charge is 0.124 e. The molecule has 0 saturated heterocycles. The monoisotopic (exact) mass is 239 g/mol. The first-order valence-corrected chi connectivity index (χ1v) is 6.83. The highest BCUT2D eigenvalue weighted by Gasteiger charge is 2.19. The van der Waals surface area contributed by atoms with Gasteiger partial charge < -0.3 is 5.32 Å². The van der Waals surface area contributed by atoms with Gasteiger partial charge in [0.05, 0.1) is 0 Å². The third-order valence-electron chi connectivity index (χ3n) is 2.78. The van der Waals surface area contributed by atoms with Crippen molar-refractivity contribution >= 4 is 11.8 Å². The number of fused-ring (bicyclic) bond motifs is 1. The van der Waals surface area contributed by atoms with E-state index >= 15 is 0 Å². The summed E-state index contributed by atoms with van der Waals surface area (Å²) in [4.78, 5) is 1.11. The van der Waals surface area contributed by atoms with Gasteiger partial charge in [0.1, 0.15) is 5.82 Å². The predicted molar refractivity (Wildman–Crippen MR) is 67.4 cm³/mol. The molecule has 1 aromatic rings. The number of hydrogen-bond donors (Lipinski definition) is 1. The molecule has 16 heavy (non-hydrogen) atoms. The zero-order chi connectivity index (χ0) is 11.5. The van der Waals surface area contributed by atoms with E-state index in [1.165, 1.54) is 12.0 Å². The molecule has 0 amide bonds. The van der Waals surface area contributed by atoms with Gasteiger partial charge in [-0.15, -0.1) is 11.8 Å². The van der Waals surface area contributed by atoms with E-state index in [4.69, 9.17) is 0 Å². The largest absolute Gasteiger partial charge is 0.308 e. The summed E-state index contributed by atoms with van der Waals surface area (Å²) in [5.41, 5.74) is 1.26. The van der Waals surface area contributed by atoms with E-state index in [1.54, 1.807) is 23.9 Å². The molecule has 1 aromatic carbocycles. The Hall–Kier alpha value is -0.540.